The Morgan fingerprint density at radius 2 is 2.25 bits per heavy atom. The Bertz CT molecular complexity index is 265. The van der Waals surface area contributed by atoms with E-state index in [1.807, 2.05) is 6.92 Å². The van der Waals surface area contributed by atoms with Crippen molar-refractivity contribution in [1.29, 1.82) is 0 Å². The molecule has 5 heteroatoms. The van der Waals surface area contributed by atoms with Gasteiger partial charge in [0.25, 0.3) is 0 Å². The lowest BCUT2D eigenvalue weighted by Gasteiger charge is -2.02. The van der Waals surface area contributed by atoms with Gasteiger partial charge in [-0.15, -0.1) is 0 Å². The molecule has 0 atom stereocenters. The molecule has 1 aromatic heterocycles. The first-order chi connectivity index (χ1) is 5.74. The number of rotatable bonds is 3. The molecule has 0 aromatic carbocycles. The third kappa shape index (κ3) is 2.59. The van der Waals surface area contributed by atoms with Crippen LogP contribution < -0.4 is 5.32 Å². The van der Waals surface area contributed by atoms with E-state index in [-0.39, 0.29) is 5.28 Å². The highest BCUT2D eigenvalue weighted by Crippen LogP contribution is 2.13. The van der Waals surface area contributed by atoms with Crippen molar-refractivity contribution in [1.82, 2.24) is 15.3 Å². The highest BCUT2D eigenvalue weighted by Gasteiger charge is 2.01. The normalized spacial score (nSPS) is 10.2. The predicted molar refractivity (Wildman–Crippen MR) is 49.4 cm³/mol. The van der Waals surface area contributed by atoms with Crippen molar-refractivity contribution in [3.05, 3.63) is 22.2 Å². The smallest absolute Gasteiger partial charge is 0.223 e. The molecule has 0 amide bonds. The first-order valence-electron chi connectivity index (χ1n) is 3.61. The van der Waals surface area contributed by atoms with Crippen molar-refractivity contribution in [2.75, 3.05) is 6.54 Å². The molecule has 12 heavy (non-hydrogen) atoms. The molecule has 0 fully saturated rings. The van der Waals surface area contributed by atoms with Gasteiger partial charge in [-0.3, -0.25) is 0 Å². The molecule has 1 N–H and O–H groups in total. The summed E-state index contributed by atoms with van der Waals surface area (Å²) in [4.78, 5) is 7.63. The van der Waals surface area contributed by atoms with Gasteiger partial charge in [0.1, 0.15) is 5.15 Å². The summed E-state index contributed by atoms with van der Waals surface area (Å²) in [5.74, 6) is 0. The van der Waals surface area contributed by atoms with Gasteiger partial charge in [0.15, 0.2) is 0 Å². The third-order valence-corrected chi connectivity index (χ3v) is 1.86. The summed E-state index contributed by atoms with van der Waals surface area (Å²) >= 11 is 11.3. The molecule has 0 spiro atoms. The molecule has 0 aliphatic carbocycles. The number of hydrogen-bond acceptors (Lipinski definition) is 3. The number of nitrogens with zero attached hydrogens (tertiary/aromatic N) is 2. The molecule has 0 bridgehead atoms. The van der Waals surface area contributed by atoms with Crippen LogP contribution in [-0.4, -0.2) is 16.5 Å². The molecule has 0 aliphatic rings. The maximum Gasteiger partial charge on any atom is 0.223 e. The van der Waals surface area contributed by atoms with E-state index in [0.29, 0.717) is 11.7 Å². The van der Waals surface area contributed by atoms with Gasteiger partial charge in [0.05, 0.1) is 0 Å². The number of hydrogen-bond donors (Lipinski definition) is 1. The van der Waals surface area contributed by atoms with Gasteiger partial charge in [-0.1, -0.05) is 18.5 Å². The summed E-state index contributed by atoms with van der Waals surface area (Å²) < 4.78 is 0. The zero-order valence-corrected chi connectivity index (χ0v) is 8.15. The summed E-state index contributed by atoms with van der Waals surface area (Å²) in [6.07, 6.45) is 1.63. The zero-order chi connectivity index (χ0) is 8.97. The Hall–Kier alpha value is -0.380. The molecule has 1 heterocycles. The van der Waals surface area contributed by atoms with Gasteiger partial charge in [0.2, 0.25) is 5.28 Å². The molecule has 1 aromatic rings. The highest BCUT2D eigenvalue weighted by molar-refractivity contribution is 6.32. The number of nitrogens with one attached hydrogen (secondary N) is 1. The maximum absolute atomic E-state index is 5.79. The van der Waals surface area contributed by atoms with Crippen molar-refractivity contribution in [3.8, 4) is 0 Å². The quantitative estimate of drug-likeness (QED) is 0.606. The average Bonchev–Trinajstić information content (AvgIpc) is 2.03. The number of halogens is 2. The van der Waals surface area contributed by atoms with Crippen LogP contribution in [0.1, 0.15) is 12.5 Å². The SMILES string of the molecule is CCNCc1cnc(Cl)nc1Cl. The summed E-state index contributed by atoms with van der Waals surface area (Å²) in [5, 5.41) is 3.71. The van der Waals surface area contributed by atoms with Crippen molar-refractivity contribution in [3.63, 3.8) is 0 Å². The molecule has 0 unspecified atom stereocenters. The van der Waals surface area contributed by atoms with E-state index in [1.165, 1.54) is 0 Å². The first-order valence-corrected chi connectivity index (χ1v) is 4.37. The lowest BCUT2D eigenvalue weighted by Crippen LogP contribution is -2.12. The van der Waals surface area contributed by atoms with E-state index in [0.717, 1.165) is 12.1 Å². The molecule has 0 saturated carbocycles. The molecular formula is C7H9Cl2N3. The van der Waals surface area contributed by atoms with Crippen molar-refractivity contribution < 1.29 is 0 Å². The maximum atomic E-state index is 5.79. The fraction of sp³-hybridized carbons (Fsp3) is 0.429. The van der Waals surface area contributed by atoms with E-state index in [1.54, 1.807) is 6.20 Å². The minimum Gasteiger partial charge on any atom is -0.313 e. The standard InChI is InChI=1S/C7H9Cl2N3/c1-2-10-3-5-4-11-7(9)12-6(5)8/h4,10H,2-3H2,1H3. The van der Waals surface area contributed by atoms with Crippen molar-refractivity contribution in [2.45, 2.75) is 13.5 Å². The summed E-state index contributed by atoms with van der Waals surface area (Å²) in [6.45, 7) is 3.58. The number of aromatic nitrogens is 2. The van der Waals surface area contributed by atoms with Gasteiger partial charge in [0, 0.05) is 18.3 Å². The van der Waals surface area contributed by atoms with Gasteiger partial charge in [-0.2, -0.15) is 0 Å². The fourth-order valence-corrected chi connectivity index (χ4v) is 1.12. The van der Waals surface area contributed by atoms with E-state index >= 15 is 0 Å². The minimum absolute atomic E-state index is 0.181. The van der Waals surface area contributed by atoms with Gasteiger partial charge >= 0.3 is 0 Å². The van der Waals surface area contributed by atoms with Crippen LogP contribution >= 0.6 is 23.2 Å². The Morgan fingerprint density at radius 1 is 1.50 bits per heavy atom. The lowest BCUT2D eigenvalue weighted by atomic mass is 10.3. The van der Waals surface area contributed by atoms with Gasteiger partial charge in [-0.05, 0) is 18.1 Å². The summed E-state index contributed by atoms with van der Waals surface area (Å²) in [7, 11) is 0. The van der Waals surface area contributed by atoms with E-state index in [2.05, 4.69) is 15.3 Å². The van der Waals surface area contributed by atoms with Crippen molar-refractivity contribution in [2.24, 2.45) is 0 Å². The van der Waals surface area contributed by atoms with Gasteiger partial charge < -0.3 is 5.32 Å². The second kappa shape index (κ2) is 4.60. The van der Waals surface area contributed by atoms with E-state index < -0.39 is 0 Å². The molecule has 0 aliphatic heterocycles. The Balaban J connectivity index is 2.72. The molecule has 0 saturated heterocycles. The monoisotopic (exact) mass is 205 g/mol. The minimum atomic E-state index is 0.181. The molecule has 3 nitrogen and oxygen atoms in total. The molecular weight excluding hydrogens is 197 g/mol. The Labute approximate surface area is 81.1 Å². The lowest BCUT2D eigenvalue weighted by molar-refractivity contribution is 0.721. The van der Waals surface area contributed by atoms with Crippen LogP contribution in [0.2, 0.25) is 10.4 Å². The second-order valence-corrected chi connectivity index (χ2v) is 2.93. The van der Waals surface area contributed by atoms with Crippen LogP contribution in [0, 0.1) is 0 Å². The topological polar surface area (TPSA) is 37.8 Å². The molecule has 66 valence electrons. The molecule has 0 radical (unpaired) electrons. The predicted octanol–water partition coefficient (Wildman–Crippen LogP) is 1.89. The van der Waals surface area contributed by atoms with Crippen LogP contribution in [0.25, 0.3) is 0 Å². The van der Waals surface area contributed by atoms with E-state index in [9.17, 15) is 0 Å². The molecule has 1 rings (SSSR count). The average molecular weight is 206 g/mol. The summed E-state index contributed by atoms with van der Waals surface area (Å²) in [5.41, 5.74) is 0.864. The van der Waals surface area contributed by atoms with Crippen LogP contribution in [-0.2, 0) is 6.54 Å². The Kier molecular flexibility index (Phi) is 3.72. The van der Waals surface area contributed by atoms with Crippen LogP contribution in [0.3, 0.4) is 0 Å². The second-order valence-electron chi connectivity index (χ2n) is 2.24. The zero-order valence-electron chi connectivity index (χ0n) is 6.64. The Morgan fingerprint density at radius 3 is 2.83 bits per heavy atom. The van der Waals surface area contributed by atoms with Gasteiger partial charge in [-0.25, -0.2) is 9.97 Å². The van der Waals surface area contributed by atoms with E-state index in [4.69, 9.17) is 23.2 Å². The van der Waals surface area contributed by atoms with Crippen LogP contribution in [0.15, 0.2) is 6.20 Å². The summed E-state index contributed by atoms with van der Waals surface area (Å²) in [6, 6.07) is 0. The van der Waals surface area contributed by atoms with Crippen molar-refractivity contribution >= 4 is 23.2 Å². The van der Waals surface area contributed by atoms with Crippen LogP contribution in [0.4, 0.5) is 0 Å². The third-order valence-electron chi connectivity index (χ3n) is 1.35. The fourth-order valence-electron chi connectivity index (χ4n) is 0.744. The highest BCUT2D eigenvalue weighted by atomic mass is 35.5. The van der Waals surface area contributed by atoms with Crippen LogP contribution in [0.5, 0.6) is 0 Å². The first kappa shape index (κ1) is 9.71. The largest absolute Gasteiger partial charge is 0.313 e.